The zero-order chi connectivity index (χ0) is 13.8. The number of rotatable bonds is 4. The Bertz CT molecular complexity index is 539. The van der Waals surface area contributed by atoms with Crippen molar-refractivity contribution in [3.8, 4) is 0 Å². The van der Waals surface area contributed by atoms with Crippen LogP contribution in [0, 0.1) is 0 Å². The summed E-state index contributed by atoms with van der Waals surface area (Å²) in [4.78, 5) is 17.3. The third kappa shape index (κ3) is 3.70. The van der Waals surface area contributed by atoms with Gasteiger partial charge < -0.3 is 0 Å². The summed E-state index contributed by atoms with van der Waals surface area (Å²) in [7, 11) is 0. The summed E-state index contributed by atoms with van der Waals surface area (Å²) in [6.07, 6.45) is 5.86. The van der Waals surface area contributed by atoms with Gasteiger partial charge in [0.2, 0.25) is 0 Å². The molecule has 100 valence electrons. The maximum absolute atomic E-state index is 5.79. The van der Waals surface area contributed by atoms with Gasteiger partial charge in [-0.1, -0.05) is 32.4 Å². The molecule has 0 radical (unpaired) electrons. The minimum atomic E-state index is 0.201. The summed E-state index contributed by atoms with van der Waals surface area (Å²) in [5, 5.41) is 0.556. The molecule has 5 heteroatoms. The highest BCUT2D eigenvalue weighted by atomic mass is 35.5. The van der Waals surface area contributed by atoms with Gasteiger partial charge in [-0.05, 0) is 12.5 Å². The van der Waals surface area contributed by atoms with Crippen LogP contribution in [0.4, 0.5) is 0 Å². The lowest BCUT2D eigenvalue weighted by molar-refractivity contribution is 0.670. The van der Waals surface area contributed by atoms with E-state index in [1.54, 1.807) is 12.4 Å². The summed E-state index contributed by atoms with van der Waals surface area (Å²) in [5.41, 5.74) is 1.02. The third-order valence-corrected chi connectivity index (χ3v) is 3.04. The summed E-state index contributed by atoms with van der Waals surface area (Å²) in [6.45, 7) is 6.26. The van der Waals surface area contributed by atoms with E-state index in [1.807, 2.05) is 12.3 Å². The second-order valence-corrected chi connectivity index (χ2v) is 5.36. The van der Waals surface area contributed by atoms with Gasteiger partial charge in [-0.25, -0.2) is 19.9 Å². The normalized spacial score (nSPS) is 12.7. The highest BCUT2D eigenvalue weighted by molar-refractivity contribution is 6.30. The quantitative estimate of drug-likeness (QED) is 0.859. The molecule has 0 aliphatic carbocycles. The van der Waals surface area contributed by atoms with Crippen LogP contribution in [-0.4, -0.2) is 19.9 Å². The first-order valence-corrected chi connectivity index (χ1v) is 6.73. The number of halogens is 1. The van der Waals surface area contributed by atoms with E-state index in [2.05, 4.69) is 40.7 Å². The molecule has 0 saturated heterocycles. The first-order chi connectivity index (χ1) is 9.06. The van der Waals surface area contributed by atoms with Crippen LogP contribution in [0.2, 0.25) is 5.02 Å². The number of aromatic nitrogens is 4. The van der Waals surface area contributed by atoms with Gasteiger partial charge in [0.25, 0.3) is 0 Å². The van der Waals surface area contributed by atoms with E-state index in [4.69, 9.17) is 11.6 Å². The zero-order valence-electron chi connectivity index (χ0n) is 11.3. The van der Waals surface area contributed by atoms with Crippen molar-refractivity contribution in [2.24, 2.45) is 0 Å². The fraction of sp³-hybridized carbons (Fsp3) is 0.429. The van der Waals surface area contributed by atoms with Crippen LogP contribution in [0.5, 0.6) is 0 Å². The van der Waals surface area contributed by atoms with E-state index < -0.39 is 0 Å². The van der Waals surface area contributed by atoms with E-state index in [0.717, 1.165) is 23.8 Å². The lowest BCUT2D eigenvalue weighted by Gasteiger charge is -2.11. The van der Waals surface area contributed by atoms with Crippen molar-refractivity contribution in [3.05, 3.63) is 47.0 Å². The SMILES string of the molecule is CC(C)c1nccc(CC(C)c2ncc(Cl)cn2)n1. The van der Waals surface area contributed by atoms with Gasteiger partial charge in [-0.15, -0.1) is 0 Å². The first-order valence-electron chi connectivity index (χ1n) is 6.35. The largest absolute Gasteiger partial charge is 0.241 e. The summed E-state index contributed by atoms with van der Waals surface area (Å²) in [6, 6.07) is 1.94. The van der Waals surface area contributed by atoms with Crippen molar-refractivity contribution in [1.29, 1.82) is 0 Å². The Morgan fingerprint density at radius 3 is 2.37 bits per heavy atom. The van der Waals surface area contributed by atoms with Crippen LogP contribution >= 0.6 is 11.6 Å². The monoisotopic (exact) mass is 276 g/mol. The maximum atomic E-state index is 5.79. The first kappa shape index (κ1) is 13.9. The highest BCUT2D eigenvalue weighted by Gasteiger charge is 2.12. The van der Waals surface area contributed by atoms with Gasteiger partial charge in [0.15, 0.2) is 0 Å². The molecule has 0 aliphatic heterocycles. The van der Waals surface area contributed by atoms with Crippen LogP contribution in [-0.2, 0) is 6.42 Å². The predicted molar refractivity (Wildman–Crippen MR) is 75.3 cm³/mol. The van der Waals surface area contributed by atoms with Gasteiger partial charge in [0.05, 0.1) is 5.02 Å². The smallest absolute Gasteiger partial charge is 0.131 e. The van der Waals surface area contributed by atoms with Gasteiger partial charge in [0, 0.05) is 36.1 Å². The van der Waals surface area contributed by atoms with Crippen molar-refractivity contribution in [2.75, 3.05) is 0 Å². The van der Waals surface area contributed by atoms with Crippen molar-refractivity contribution < 1.29 is 0 Å². The number of hydrogen-bond donors (Lipinski definition) is 0. The molecule has 0 bridgehead atoms. The highest BCUT2D eigenvalue weighted by Crippen LogP contribution is 2.17. The average Bonchev–Trinajstić information content (AvgIpc) is 2.39. The Kier molecular flexibility index (Phi) is 4.43. The van der Waals surface area contributed by atoms with Gasteiger partial charge >= 0.3 is 0 Å². The number of hydrogen-bond acceptors (Lipinski definition) is 4. The third-order valence-electron chi connectivity index (χ3n) is 2.84. The Morgan fingerprint density at radius 1 is 1.05 bits per heavy atom. The van der Waals surface area contributed by atoms with Crippen molar-refractivity contribution in [3.63, 3.8) is 0 Å². The summed E-state index contributed by atoms with van der Waals surface area (Å²) in [5.74, 6) is 2.20. The lowest BCUT2D eigenvalue weighted by atomic mass is 10.0. The van der Waals surface area contributed by atoms with E-state index >= 15 is 0 Å². The van der Waals surface area contributed by atoms with Gasteiger partial charge in [-0.3, -0.25) is 0 Å². The molecule has 0 spiro atoms. The molecule has 0 fully saturated rings. The predicted octanol–water partition coefficient (Wildman–Crippen LogP) is 3.39. The average molecular weight is 277 g/mol. The van der Waals surface area contributed by atoms with E-state index in [-0.39, 0.29) is 5.92 Å². The van der Waals surface area contributed by atoms with Crippen LogP contribution in [0.25, 0.3) is 0 Å². The zero-order valence-corrected chi connectivity index (χ0v) is 12.1. The maximum Gasteiger partial charge on any atom is 0.131 e. The molecule has 19 heavy (non-hydrogen) atoms. The van der Waals surface area contributed by atoms with Crippen molar-refractivity contribution in [2.45, 2.75) is 39.0 Å². The molecule has 2 heterocycles. The topological polar surface area (TPSA) is 51.6 Å². The number of nitrogens with zero attached hydrogens (tertiary/aromatic N) is 4. The molecule has 2 aromatic rings. The fourth-order valence-corrected chi connectivity index (χ4v) is 1.88. The van der Waals surface area contributed by atoms with E-state index in [0.29, 0.717) is 10.9 Å². The van der Waals surface area contributed by atoms with Crippen molar-refractivity contribution in [1.82, 2.24) is 19.9 Å². The van der Waals surface area contributed by atoms with Crippen molar-refractivity contribution >= 4 is 11.6 Å². The second-order valence-electron chi connectivity index (χ2n) is 4.93. The Morgan fingerprint density at radius 2 is 1.74 bits per heavy atom. The molecule has 0 aliphatic rings. The van der Waals surface area contributed by atoms with Crippen LogP contribution in [0.1, 0.15) is 49.9 Å². The second kappa shape index (κ2) is 6.06. The molecular formula is C14H17ClN4. The minimum absolute atomic E-state index is 0.201. The fourth-order valence-electron chi connectivity index (χ4n) is 1.79. The van der Waals surface area contributed by atoms with E-state index in [1.165, 1.54) is 0 Å². The molecular weight excluding hydrogens is 260 g/mol. The standard InChI is InChI=1S/C14H17ClN4/c1-9(2)13-16-5-4-12(19-13)6-10(3)14-17-7-11(15)8-18-14/h4-5,7-10H,6H2,1-3H3. The molecule has 2 aromatic heterocycles. The molecule has 0 amide bonds. The Labute approximate surface area is 118 Å². The van der Waals surface area contributed by atoms with Crippen LogP contribution in [0.3, 0.4) is 0 Å². The summed E-state index contributed by atoms with van der Waals surface area (Å²) >= 11 is 5.79. The lowest BCUT2D eigenvalue weighted by Crippen LogP contribution is -2.07. The minimum Gasteiger partial charge on any atom is -0.241 e. The molecule has 2 rings (SSSR count). The van der Waals surface area contributed by atoms with Gasteiger partial charge in [-0.2, -0.15) is 0 Å². The molecule has 1 atom stereocenters. The Hall–Kier alpha value is -1.55. The molecule has 0 N–H and O–H groups in total. The van der Waals surface area contributed by atoms with Gasteiger partial charge in [0.1, 0.15) is 11.6 Å². The van der Waals surface area contributed by atoms with Crippen LogP contribution in [0.15, 0.2) is 24.7 Å². The van der Waals surface area contributed by atoms with E-state index in [9.17, 15) is 0 Å². The van der Waals surface area contributed by atoms with Crippen LogP contribution < -0.4 is 0 Å². The molecule has 4 nitrogen and oxygen atoms in total. The molecule has 1 unspecified atom stereocenters. The molecule has 0 aromatic carbocycles. The molecule has 0 saturated carbocycles. The summed E-state index contributed by atoms with van der Waals surface area (Å²) < 4.78 is 0. The Balaban J connectivity index is 2.12.